The molecule has 0 amide bonds. The second-order valence-corrected chi connectivity index (χ2v) is 7.09. The molecule has 0 saturated carbocycles. The van der Waals surface area contributed by atoms with Crippen molar-refractivity contribution in [1.29, 1.82) is 0 Å². The van der Waals surface area contributed by atoms with Crippen LogP contribution in [0.15, 0.2) is 23.1 Å². The number of hydrogen-bond acceptors (Lipinski definition) is 5. The molecule has 0 bridgehead atoms. The summed E-state index contributed by atoms with van der Waals surface area (Å²) in [4.78, 5) is 10.1. The van der Waals surface area contributed by atoms with Gasteiger partial charge in [0, 0.05) is 30.7 Å². The molecule has 0 aromatic heterocycles. The van der Waals surface area contributed by atoms with Crippen molar-refractivity contribution in [2.75, 3.05) is 19.6 Å². The van der Waals surface area contributed by atoms with Crippen molar-refractivity contribution in [3.63, 3.8) is 0 Å². The number of benzene rings is 1. The Morgan fingerprint density at radius 3 is 2.62 bits per heavy atom. The second-order valence-electron chi connectivity index (χ2n) is 4.80. The number of halogens is 1. The van der Waals surface area contributed by atoms with Gasteiger partial charge in [0.15, 0.2) is 4.90 Å². The molecule has 1 aromatic rings. The Hall–Kier alpha value is -1.22. The molecule has 1 fully saturated rings. The molecule has 0 unspecified atom stereocenters. The first-order valence-electron chi connectivity index (χ1n) is 6.54. The molecular weight excluding hydrogens is 318 g/mol. The number of sulfonamides is 1. The summed E-state index contributed by atoms with van der Waals surface area (Å²) in [6.07, 6.45) is 0.636. The maximum absolute atomic E-state index is 12.7. The summed E-state index contributed by atoms with van der Waals surface area (Å²) in [7, 11) is -3.92. The second kappa shape index (κ2) is 6.27. The minimum absolute atomic E-state index is 0.132. The maximum atomic E-state index is 12.7. The van der Waals surface area contributed by atoms with Gasteiger partial charge in [-0.2, -0.15) is 4.31 Å². The predicted octanol–water partition coefficient (Wildman–Crippen LogP) is 1.62. The number of nitro groups is 1. The summed E-state index contributed by atoms with van der Waals surface area (Å²) in [6, 6.07) is 3.46. The van der Waals surface area contributed by atoms with Crippen molar-refractivity contribution in [2.45, 2.75) is 24.3 Å². The smallest absolute Gasteiger partial charge is 0.290 e. The third-order valence-corrected chi connectivity index (χ3v) is 5.55. The van der Waals surface area contributed by atoms with Crippen LogP contribution in [0.1, 0.15) is 13.3 Å². The van der Waals surface area contributed by atoms with Gasteiger partial charge in [-0.15, -0.1) is 0 Å². The zero-order chi connectivity index (χ0) is 15.6. The van der Waals surface area contributed by atoms with E-state index in [-0.39, 0.29) is 16.0 Å². The Balaban J connectivity index is 2.49. The average molecular weight is 334 g/mol. The Morgan fingerprint density at radius 1 is 1.48 bits per heavy atom. The van der Waals surface area contributed by atoms with Gasteiger partial charge < -0.3 is 5.32 Å². The van der Waals surface area contributed by atoms with Crippen LogP contribution in [0.25, 0.3) is 0 Å². The van der Waals surface area contributed by atoms with Gasteiger partial charge in [-0.05, 0) is 18.6 Å². The molecular formula is C12H16ClN3O4S. The molecule has 1 N–H and O–H groups in total. The summed E-state index contributed by atoms with van der Waals surface area (Å²) in [5.74, 6) is 0. The number of nitrogens with one attached hydrogen (secondary N) is 1. The topological polar surface area (TPSA) is 92.6 Å². The zero-order valence-electron chi connectivity index (χ0n) is 11.5. The molecule has 116 valence electrons. The number of nitro benzene ring substituents is 1. The van der Waals surface area contributed by atoms with Crippen LogP contribution in [0.2, 0.25) is 5.02 Å². The fourth-order valence-corrected chi connectivity index (χ4v) is 4.20. The highest BCUT2D eigenvalue weighted by Crippen LogP contribution is 2.31. The zero-order valence-corrected chi connectivity index (χ0v) is 13.0. The summed E-state index contributed by atoms with van der Waals surface area (Å²) < 4.78 is 26.8. The molecule has 0 aliphatic carbocycles. The van der Waals surface area contributed by atoms with Gasteiger partial charge in [0.1, 0.15) is 0 Å². The molecule has 2 rings (SSSR count). The summed E-state index contributed by atoms with van der Waals surface area (Å²) in [5.41, 5.74) is -0.490. The summed E-state index contributed by atoms with van der Waals surface area (Å²) >= 11 is 5.73. The largest absolute Gasteiger partial charge is 0.313 e. The van der Waals surface area contributed by atoms with Crippen LogP contribution in [-0.4, -0.2) is 43.3 Å². The highest BCUT2D eigenvalue weighted by molar-refractivity contribution is 7.89. The minimum atomic E-state index is -3.92. The van der Waals surface area contributed by atoms with E-state index in [1.165, 1.54) is 16.4 Å². The van der Waals surface area contributed by atoms with Gasteiger partial charge in [-0.25, -0.2) is 8.42 Å². The van der Waals surface area contributed by atoms with E-state index in [0.717, 1.165) is 6.07 Å². The van der Waals surface area contributed by atoms with E-state index in [4.69, 9.17) is 11.6 Å². The van der Waals surface area contributed by atoms with Gasteiger partial charge in [0.25, 0.3) is 5.69 Å². The normalized spacial score (nSPS) is 16.0. The molecule has 7 nitrogen and oxygen atoms in total. The maximum Gasteiger partial charge on any atom is 0.290 e. The van der Waals surface area contributed by atoms with Crippen molar-refractivity contribution in [2.24, 2.45) is 0 Å². The van der Waals surface area contributed by atoms with E-state index in [0.29, 0.717) is 26.1 Å². The number of nitrogens with zero attached hydrogens (tertiary/aromatic N) is 2. The van der Waals surface area contributed by atoms with Crippen LogP contribution >= 0.6 is 11.6 Å². The molecule has 1 aliphatic heterocycles. The molecule has 0 radical (unpaired) electrons. The lowest BCUT2D eigenvalue weighted by Crippen LogP contribution is -2.58. The van der Waals surface area contributed by atoms with E-state index in [2.05, 4.69) is 5.32 Å². The van der Waals surface area contributed by atoms with Crippen LogP contribution < -0.4 is 5.32 Å². The average Bonchev–Trinajstić information content (AvgIpc) is 2.35. The molecule has 9 heteroatoms. The van der Waals surface area contributed by atoms with Crippen molar-refractivity contribution in [1.82, 2.24) is 9.62 Å². The fourth-order valence-electron chi connectivity index (χ4n) is 2.17. The van der Waals surface area contributed by atoms with Crippen LogP contribution in [0.3, 0.4) is 0 Å². The lowest BCUT2D eigenvalue weighted by Gasteiger charge is -2.37. The van der Waals surface area contributed by atoms with E-state index in [1.807, 2.05) is 6.92 Å². The van der Waals surface area contributed by atoms with Gasteiger partial charge in [-0.1, -0.05) is 18.5 Å². The van der Waals surface area contributed by atoms with E-state index < -0.39 is 20.6 Å². The molecule has 1 aromatic carbocycles. The fraction of sp³-hybridized carbons (Fsp3) is 0.500. The van der Waals surface area contributed by atoms with Crippen LogP contribution in [0, 0.1) is 10.1 Å². The lowest BCUT2D eigenvalue weighted by atomic mass is 10.2. The SMILES string of the molecule is CCCN(C1CNC1)S(=O)(=O)c1ccc(Cl)cc1[N+](=O)[O-]. The summed E-state index contributed by atoms with van der Waals surface area (Å²) in [6.45, 7) is 3.31. The Kier molecular flexibility index (Phi) is 4.82. The first-order chi connectivity index (χ1) is 9.87. The van der Waals surface area contributed by atoms with Crippen molar-refractivity contribution in [3.05, 3.63) is 33.3 Å². The molecule has 0 atom stereocenters. The highest BCUT2D eigenvalue weighted by Gasteiger charge is 2.37. The van der Waals surface area contributed by atoms with Crippen molar-refractivity contribution < 1.29 is 13.3 Å². The molecule has 1 aliphatic rings. The van der Waals surface area contributed by atoms with Gasteiger partial charge in [-0.3, -0.25) is 10.1 Å². The van der Waals surface area contributed by atoms with E-state index in [1.54, 1.807) is 0 Å². The standard InChI is InChI=1S/C12H16ClN3O4S/c1-2-5-15(10-7-14-8-10)21(19,20)12-4-3-9(13)6-11(12)16(17)18/h3-4,6,10,14H,2,5,7-8H2,1H3. The first-order valence-corrected chi connectivity index (χ1v) is 8.36. The molecule has 21 heavy (non-hydrogen) atoms. The highest BCUT2D eigenvalue weighted by atomic mass is 35.5. The first kappa shape index (κ1) is 16.2. The summed E-state index contributed by atoms with van der Waals surface area (Å²) in [5, 5.41) is 14.2. The Morgan fingerprint density at radius 2 is 2.14 bits per heavy atom. The van der Waals surface area contributed by atoms with Gasteiger partial charge in [0.2, 0.25) is 10.0 Å². The molecule has 1 heterocycles. The van der Waals surface area contributed by atoms with Crippen molar-refractivity contribution >= 4 is 27.3 Å². The van der Waals surface area contributed by atoms with Crippen LogP contribution in [0.5, 0.6) is 0 Å². The number of rotatable bonds is 6. The third-order valence-electron chi connectivity index (χ3n) is 3.32. The quantitative estimate of drug-likeness (QED) is 0.630. The van der Waals surface area contributed by atoms with Gasteiger partial charge in [0.05, 0.1) is 11.0 Å². The molecule has 0 spiro atoms. The number of hydrogen-bond donors (Lipinski definition) is 1. The van der Waals surface area contributed by atoms with E-state index >= 15 is 0 Å². The van der Waals surface area contributed by atoms with Crippen LogP contribution in [0.4, 0.5) is 5.69 Å². The molecule has 1 saturated heterocycles. The lowest BCUT2D eigenvalue weighted by molar-refractivity contribution is -0.387. The monoisotopic (exact) mass is 333 g/mol. The Labute approximate surface area is 128 Å². The van der Waals surface area contributed by atoms with Crippen LogP contribution in [-0.2, 0) is 10.0 Å². The Bertz CT molecular complexity index is 646. The van der Waals surface area contributed by atoms with E-state index in [9.17, 15) is 18.5 Å². The van der Waals surface area contributed by atoms with Gasteiger partial charge >= 0.3 is 0 Å². The van der Waals surface area contributed by atoms with Crippen molar-refractivity contribution in [3.8, 4) is 0 Å². The minimum Gasteiger partial charge on any atom is -0.313 e. The third kappa shape index (κ3) is 3.18. The predicted molar refractivity (Wildman–Crippen MR) is 78.9 cm³/mol.